The quantitative estimate of drug-likeness (QED) is 0.811. The average molecular weight is 284 g/mol. The molecule has 1 aromatic carbocycles. The van der Waals surface area contributed by atoms with Crippen LogP contribution in [0.3, 0.4) is 0 Å². The molecule has 5 nitrogen and oxygen atoms in total. The number of anilines is 1. The third-order valence-electron chi connectivity index (χ3n) is 3.22. The minimum absolute atomic E-state index is 0.0540. The Bertz CT molecular complexity index is 592. The topological polar surface area (TPSA) is 89.3 Å². The maximum absolute atomic E-state index is 11.9. The van der Waals surface area contributed by atoms with E-state index in [9.17, 15) is 13.2 Å². The van der Waals surface area contributed by atoms with Gasteiger partial charge in [0.25, 0.3) is 5.91 Å². The van der Waals surface area contributed by atoms with E-state index >= 15 is 0 Å². The Labute approximate surface area is 114 Å². The van der Waals surface area contributed by atoms with Crippen molar-refractivity contribution in [3.8, 4) is 0 Å². The van der Waals surface area contributed by atoms with E-state index in [1.165, 1.54) is 0 Å². The molecule has 0 aliphatic heterocycles. The van der Waals surface area contributed by atoms with E-state index in [1.54, 1.807) is 32.0 Å². The normalized spacial score (nSPS) is 12.2. The van der Waals surface area contributed by atoms with Gasteiger partial charge in [-0.25, -0.2) is 8.42 Å². The molecule has 0 unspecified atom stereocenters. The molecular formula is C13H20N2O3S. The molecule has 0 aliphatic carbocycles. The number of sulfone groups is 1. The van der Waals surface area contributed by atoms with Crippen LogP contribution in [0.2, 0.25) is 0 Å². The Morgan fingerprint density at radius 1 is 1.37 bits per heavy atom. The zero-order valence-electron chi connectivity index (χ0n) is 11.6. The Hall–Kier alpha value is -1.56. The predicted octanol–water partition coefficient (Wildman–Crippen LogP) is 1.13. The van der Waals surface area contributed by atoms with Crippen molar-refractivity contribution < 1.29 is 13.2 Å². The van der Waals surface area contributed by atoms with Crippen molar-refractivity contribution in [2.75, 3.05) is 18.5 Å². The highest BCUT2D eigenvalue weighted by molar-refractivity contribution is 7.92. The number of aryl methyl sites for hydroxylation is 1. The fourth-order valence-corrected chi connectivity index (χ4v) is 1.64. The molecule has 0 radical (unpaired) electrons. The van der Waals surface area contributed by atoms with Gasteiger partial charge in [0.15, 0.2) is 9.84 Å². The maximum Gasteiger partial charge on any atom is 0.251 e. The third-order valence-corrected chi connectivity index (χ3v) is 5.37. The van der Waals surface area contributed by atoms with E-state index in [2.05, 4.69) is 5.32 Å². The number of hydrogen-bond acceptors (Lipinski definition) is 4. The summed E-state index contributed by atoms with van der Waals surface area (Å²) in [5.74, 6) is -0.330. The highest BCUT2D eigenvalue weighted by Gasteiger charge is 2.30. The average Bonchev–Trinajstić information content (AvgIpc) is 2.28. The Balaban J connectivity index is 2.79. The molecule has 0 spiro atoms. The number of nitrogens with one attached hydrogen (secondary N) is 1. The van der Waals surface area contributed by atoms with Crippen LogP contribution in [0.1, 0.15) is 29.8 Å². The van der Waals surface area contributed by atoms with Gasteiger partial charge in [-0.2, -0.15) is 0 Å². The van der Waals surface area contributed by atoms with Gasteiger partial charge in [-0.3, -0.25) is 4.79 Å². The van der Waals surface area contributed by atoms with Crippen LogP contribution >= 0.6 is 0 Å². The summed E-state index contributed by atoms with van der Waals surface area (Å²) in [6.45, 7) is 5.06. The summed E-state index contributed by atoms with van der Waals surface area (Å²) in [5, 5.41) is 2.62. The van der Waals surface area contributed by atoms with Crippen molar-refractivity contribution in [3.05, 3.63) is 29.3 Å². The minimum Gasteiger partial charge on any atom is -0.398 e. The van der Waals surface area contributed by atoms with E-state index in [0.717, 1.165) is 11.8 Å². The lowest BCUT2D eigenvalue weighted by Crippen LogP contribution is -2.43. The van der Waals surface area contributed by atoms with E-state index < -0.39 is 14.6 Å². The van der Waals surface area contributed by atoms with Crippen molar-refractivity contribution in [1.82, 2.24) is 5.32 Å². The number of amides is 1. The van der Waals surface area contributed by atoms with Crippen LogP contribution in [-0.2, 0) is 9.84 Å². The molecule has 0 atom stereocenters. The van der Waals surface area contributed by atoms with Gasteiger partial charge in [-0.05, 0) is 38.5 Å². The van der Waals surface area contributed by atoms with Crippen molar-refractivity contribution in [3.63, 3.8) is 0 Å². The maximum atomic E-state index is 11.9. The fraction of sp³-hybridized carbons (Fsp3) is 0.462. The summed E-state index contributed by atoms with van der Waals surface area (Å²) in [7, 11) is -3.23. The molecular weight excluding hydrogens is 264 g/mol. The number of benzene rings is 1. The lowest BCUT2D eigenvalue weighted by molar-refractivity contribution is 0.0950. The second-order valence-electron chi connectivity index (χ2n) is 5.29. The van der Waals surface area contributed by atoms with E-state index in [4.69, 9.17) is 5.73 Å². The fourth-order valence-electron chi connectivity index (χ4n) is 1.31. The molecule has 6 heteroatoms. The lowest BCUT2D eigenvalue weighted by atomic mass is 10.1. The first-order chi connectivity index (χ1) is 8.54. The highest BCUT2D eigenvalue weighted by atomic mass is 32.2. The lowest BCUT2D eigenvalue weighted by Gasteiger charge is -2.22. The summed E-state index contributed by atoms with van der Waals surface area (Å²) in [4.78, 5) is 11.9. The second-order valence-corrected chi connectivity index (χ2v) is 7.94. The number of rotatable bonds is 4. The summed E-state index contributed by atoms with van der Waals surface area (Å²) >= 11 is 0. The van der Waals surface area contributed by atoms with Crippen LogP contribution in [0, 0.1) is 6.92 Å². The van der Waals surface area contributed by atoms with Crippen LogP contribution in [0.15, 0.2) is 18.2 Å². The van der Waals surface area contributed by atoms with Crippen LogP contribution < -0.4 is 11.1 Å². The minimum atomic E-state index is -3.23. The number of hydrogen-bond donors (Lipinski definition) is 2. The molecule has 1 aromatic rings. The SMILES string of the molecule is Cc1ccc(C(=O)NCC(C)(C)S(C)(=O)=O)cc1N. The van der Waals surface area contributed by atoms with Crippen molar-refractivity contribution in [2.45, 2.75) is 25.5 Å². The van der Waals surface area contributed by atoms with Crippen LogP contribution in [0.4, 0.5) is 5.69 Å². The third kappa shape index (κ3) is 3.70. The largest absolute Gasteiger partial charge is 0.398 e. The smallest absolute Gasteiger partial charge is 0.251 e. The zero-order chi connectivity index (χ0) is 14.8. The standard InChI is InChI=1S/C13H20N2O3S/c1-9-5-6-10(7-11(9)14)12(16)15-8-13(2,3)19(4,17)18/h5-7H,8,14H2,1-4H3,(H,15,16). The Morgan fingerprint density at radius 3 is 2.42 bits per heavy atom. The molecule has 0 aromatic heterocycles. The number of carbonyl (C=O) groups is 1. The molecule has 1 amide bonds. The molecule has 0 bridgehead atoms. The van der Waals surface area contributed by atoms with Crippen molar-refractivity contribution in [2.24, 2.45) is 0 Å². The van der Waals surface area contributed by atoms with E-state index in [-0.39, 0.29) is 12.5 Å². The monoisotopic (exact) mass is 284 g/mol. The molecule has 3 N–H and O–H groups in total. The molecule has 19 heavy (non-hydrogen) atoms. The van der Waals surface area contributed by atoms with Gasteiger partial charge in [0.1, 0.15) is 0 Å². The molecule has 1 rings (SSSR count). The van der Waals surface area contributed by atoms with Gasteiger partial charge in [0, 0.05) is 24.1 Å². The van der Waals surface area contributed by atoms with Gasteiger partial charge in [0.05, 0.1) is 4.75 Å². The van der Waals surface area contributed by atoms with Gasteiger partial charge in [0.2, 0.25) is 0 Å². The first kappa shape index (κ1) is 15.5. The summed E-state index contributed by atoms with van der Waals surface area (Å²) in [5.41, 5.74) is 7.59. The second kappa shape index (κ2) is 5.21. The van der Waals surface area contributed by atoms with Crippen LogP contribution in [0.5, 0.6) is 0 Å². The molecule has 106 valence electrons. The van der Waals surface area contributed by atoms with Crippen molar-refractivity contribution >= 4 is 21.4 Å². The van der Waals surface area contributed by atoms with Gasteiger partial charge in [-0.1, -0.05) is 6.07 Å². The first-order valence-corrected chi connectivity index (χ1v) is 7.78. The highest BCUT2D eigenvalue weighted by Crippen LogP contribution is 2.15. The molecule has 0 saturated carbocycles. The van der Waals surface area contributed by atoms with Gasteiger partial charge in [-0.15, -0.1) is 0 Å². The number of nitrogens with two attached hydrogens (primary N) is 1. The van der Waals surface area contributed by atoms with E-state index in [1.807, 2.05) is 6.92 Å². The Morgan fingerprint density at radius 2 is 1.95 bits per heavy atom. The van der Waals surface area contributed by atoms with E-state index in [0.29, 0.717) is 11.3 Å². The molecule has 0 heterocycles. The van der Waals surface area contributed by atoms with Crippen LogP contribution in [-0.4, -0.2) is 31.9 Å². The number of carbonyl (C=O) groups excluding carboxylic acids is 1. The molecule has 0 fully saturated rings. The Kier molecular flexibility index (Phi) is 4.25. The molecule has 0 saturated heterocycles. The summed E-state index contributed by atoms with van der Waals surface area (Å²) < 4.78 is 22.1. The van der Waals surface area contributed by atoms with Gasteiger partial charge < -0.3 is 11.1 Å². The first-order valence-electron chi connectivity index (χ1n) is 5.88. The van der Waals surface area contributed by atoms with Crippen molar-refractivity contribution in [1.29, 1.82) is 0 Å². The predicted molar refractivity (Wildman–Crippen MR) is 76.8 cm³/mol. The summed E-state index contributed by atoms with van der Waals surface area (Å²) in [6, 6.07) is 5.00. The molecule has 0 aliphatic rings. The van der Waals surface area contributed by atoms with Crippen LogP contribution in [0.25, 0.3) is 0 Å². The summed E-state index contributed by atoms with van der Waals surface area (Å²) in [6.07, 6.45) is 1.16. The number of nitrogen functional groups attached to an aromatic ring is 1. The van der Waals surface area contributed by atoms with Gasteiger partial charge >= 0.3 is 0 Å². The zero-order valence-corrected chi connectivity index (χ0v) is 12.5.